The van der Waals surface area contributed by atoms with Crippen molar-refractivity contribution in [3.05, 3.63) is 29.3 Å². The van der Waals surface area contributed by atoms with Crippen molar-refractivity contribution >= 4 is 0 Å². The third-order valence-electron chi connectivity index (χ3n) is 4.49. The summed E-state index contributed by atoms with van der Waals surface area (Å²) >= 11 is 0. The van der Waals surface area contributed by atoms with Gasteiger partial charge >= 0.3 is 0 Å². The first kappa shape index (κ1) is 14.9. The number of nitrogens with one attached hydrogen (secondary N) is 1. The van der Waals surface area contributed by atoms with Gasteiger partial charge < -0.3 is 14.8 Å². The van der Waals surface area contributed by atoms with Gasteiger partial charge in [0.25, 0.3) is 0 Å². The van der Waals surface area contributed by atoms with Gasteiger partial charge in [-0.1, -0.05) is 19.1 Å². The molecule has 3 heteroatoms. The van der Waals surface area contributed by atoms with Crippen molar-refractivity contribution in [2.45, 2.75) is 57.6 Å². The van der Waals surface area contributed by atoms with Crippen molar-refractivity contribution < 1.29 is 9.47 Å². The van der Waals surface area contributed by atoms with E-state index in [-0.39, 0.29) is 0 Å². The highest BCUT2D eigenvalue weighted by atomic mass is 16.5. The van der Waals surface area contributed by atoms with Crippen molar-refractivity contribution in [3.8, 4) is 5.75 Å². The van der Waals surface area contributed by atoms with Crippen molar-refractivity contribution in [1.82, 2.24) is 5.32 Å². The second-order valence-corrected chi connectivity index (χ2v) is 6.16. The van der Waals surface area contributed by atoms with E-state index in [1.807, 2.05) is 0 Å². The Bertz CT molecular complexity index is 455. The van der Waals surface area contributed by atoms with Gasteiger partial charge in [-0.2, -0.15) is 0 Å². The molecule has 1 fully saturated rings. The molecular weight excluding hydrogens is 262 g/mol. The molecule has 116 valence electrons. The molecule has 2 aliphatic rings. The molecule has 0 aromatic heterocycles. The summed E-state index contributed by atoms with van der Waals surface area (Å²) < 4.78 is 11.8. The highest BCUT2D eigenvalue weighted by molar-refractivity contribution is 5.40. The number of fused-ring (bicyclic) bond motifs is 1. The van der Waals surface area contributed by atoms with Gasteiger partial charge in [-0.3, -0.25) is 0 Å². The lowest BCUT2D eigenvalue weighted by atomic mass is 9.93. The van der Waals surface area contributed by atoms with Gasteiger partial charge in [0.2, 0.25) is 0 Å². The Morgan fingerprint density at radius 3 is 3.00 bits per heavy atom. The van der Waals surface area contributed by atoms with Crippen LogP contribution in [0.5, 0.6) is 5.75 Å². The molecule has 2 heterocycles. The maximum absolute atomic E-state index is 6.04. The van der Waals surface area contributed by atoms with Crippen molar-refractivity contribution in [3.63, 3.8) is 0 Å². The van der Waals surface area contributed by atoms with E-state index in [2.05, 4.69) is 30.4 Å². The average molecular weight is 289 g/mol. The van der Waals surface area contributed by atoms with Crippen LogP contribution in [0.2, 0.25) is 0 Å². The summed E-state index contributed by atoms with van der Waals surface area (Å²) in [6.45, 7) is 5.02. The minimum absolute atomic E-state index is 0.313. The number of benzene rings is 1. The molecule has 3 nitrogen and oxygen atoms in total. The molecule has 1 saturated heterocycles. The Labute approximate surface area is 128 Å². The molecule has 1 aromatic rings. The second-order valence-electron chi connectivity index (χ2n) is 6.16. The first-order valence-corrected chi connectivity index (χ1v) is 8.49. The van der Waals surface area contributed by atoms with Gasteiger partial charge in [0.05, 0.1) is 18.8 Å². The lowest BCUT2D eigenvalue weighted by Gasteiger charge is -2.32. The lowest BCUT2D eigenvalue weighted by Crippen LogP contribution is -2.36. The fourth-order valence-corrected chi connectivity index (χ4v) is 3.37. The topological polar surface area (TPSA) is 30.5 Å². The molecule has 0 amide bonds. The van der Waals surface area contributed by atoms with Gasteiger partial charge in [-0.15, -0.1) is 0 Å². The Balaban J connectivity index is 1.80. The van der Waals surface area contributed by atoms with E-state index < -0.39 is 0 Å². The Morgan fingerprint density at radius 2 is 2.19 bits per heavy atom. The van der Waals surface area contributed by atoms with Crippen LogP contribution in [0.1, 0.15) is 56.2 Å². The van der Waals surface area contributed by atoms with Crippen LogP contribution in [0.25, 0.3) is 0 Å². The number of ether oxygens (including phenoxy) is 2. The Hall–Kier alpha value is -1.06. The van der Waals surface area contributed by atoms with Gasteiger partial charge in [0, 0.05) is 6.61 Å². The van der Waals surface area contributed by atoms with E-state index >= 15 is 0 Å². The van der Waals surface area contributed by atoms with E-state index in [4.69, 9.17) is 9.47 Å². The predicted molar refractivity (Wildman–Crippen MR) is 84.9 cm³/mol. The normalized spacial score (nSPS) is 23.2. The molecule has 0 saturated carbocycles. The average Bonchev–Trinajstić information content (AvgIpc) is 2.56. The zero-order chi connectivity index (χ0) is 14.5. The van der Waals surface area contributed by atoms with Crippen LogP contribution >= 0.6 is 0 Å². The van der Waals surface area contributed by atoms with Crippen LogP contribution in [-0.4, -0.2) is 25.9 Å². The van der Waals surface area contributed by atoms with Crippen LogP contribution in [-0.2, 0) is 11.2 Å². The molecular formula is C18H27NO2. The molecule has 0 spiro atoms. The zero-order valence-electron chi connectivity index (χ0n) is 13.1. The molecule has 2 atom stereocenters. The van der Waals surface area contributed by atoms with Crippen molar-refractivity contribution in [1.29, 1.82) is 0 Å². The largest absolute Gasteiger partial charge is 0.493 e. The maximum Gasteiger partial charge on any atom is 0.122 e. The molecule has 0 bridgehead atoms. The van der Waals surface area contributed by atoms with Crippen molar-refractivity contribution in [2.24, 2.45) is 0 Å². The maximum atomic E-state index is 6.04. The van der Waals surface area contributed by atoms with Crippen LogP contribution in [0.15, 0.2) is 18.2 Å². The molecule has 1 N–H and O–H groups in total. The van der Waals surface area contributed by atoms with Crippen LogP contribution in [0.3, 0.4) is 0 Å². The first-order valence-electron chi connectivity index (χ1n) is 8.49. The lowest BCUT2D eigenvalue weighted by molar-refractivity contribution is -0.00818. The Kier molecular flexibility index (Phi) is 5.15. The van der Waals surface area contributed by atoms with E-state index in [0.717, 1.165) is 51.2 Å². The third-order valence-corrected chi connectivity index (χ3v) is 4.49. The second kappa shape index (κ2) is 7.28. The minimum Gasteiger partial charge on any atom is -0.493 e. The van der Waals surface area contributed by atoms with E-state index in [0.29, 0.717) is 12.1 Å². The van der Waals surface area contributed by atoms with E-state index in [1.165, 1.54) is 24.0 Å². The number of hydrogen-bond donors (Lipinski definition) is 1. The van der Waals surface area contributed by atoms with Gasteiger partial charge in [0.1, 0.15) is 5.75 Å². The first-order chi connectivity index (χ1) is 10.4. The summed E-state index contributed by atoms with van der Waals surface area (Å²) in [5, 5.41) is 3.70. The molecule has 2 aliphatic heterocycles. The number of hydrogen-bond acceptors (Lipinski definition) is 3. The number of aryl methyl sites for hydroxylation is 1. The highest BCUT2D eigenvalue weighted by Crippen LogP contribution is 2.31. The molecule has 21 heavy (non-hydrogen) atoms. The SMILES string of the molecule is CCCNC(c1ccc2c(c1)CCCO2)C1CCCCO1. The summed E-state index contributed by atoms with van der Waals surface area (Å²) in [5.74, 6) is 1.07. The quantitative estimate of drug-likeness (QED) is 0.898. The highest BCUT2D eigenvalue weighted by Gasteiger charge is 2.26. The molecule has 1 aromatic carbocycles. The van der Waals surface area contributed by atoms with E-state index in [1.54, 1.807) is 0 Å². The standard InChI is InChI=1S/C18H27NO2/c1-2-10-19-18(17-7-3-4-11-21-17)15-8-9-16-14(13-15)6-5-12-20-16/h8-9,13,17-19H,2-7,10-12H2,1H3. The number of rotatable bonds is 5. The summed E-state index contributed by atoms with van der Waals surface area (Å²) in [6, 6.07) is 7.01. The predicted octanol–water partition coefficient (Wildman–Crippen LogP) is 3.62. The van der Waals surface area contributed by atoms with Crippen molar-refractivity contribution in [2.75, 3.05) is 19.8 Å². The third kappa shape index (κ3) is 3.58. The Morgan fingerprint density at radius 1 is 1.24 bits per heavy atom. The van der Waals surface area contributed by atoms with Gasteiger partial charge in [0.15, 0.2) is 0 Å². The molecule has 2 unspecified atom stereocenters. The summed E-state index contributed by atoms with van der Waals surface area (Å²) in [5.41, 5.74) is 2.72. The molecule has 0 radical (unpaired) electrons. The smallest absolute Gasteiger partial charge is 0.122 e. The van der Waals surface area contributed by atoms with Crippen LogP contribution in [0.4, 0.5) is 0 Å². The zero-order valence-corrected chi connectivity index (χ0v) is 13.1. The van der Waals surface area contributed by atoms with Gasteiger partial charge in [-0.25, -0.2) is 0 Å². The van der Waals surface area contributed by atoms with Crippen LogP contribution in [0, 0.1) is 0 Å². The summed E-state index contributed by atoms with van der Waals surface area (Å²) in [6.07, 6.45) is 7.37. The summed E-state index contributed by atoms with van der Waals surface area (Å²) in [4.78, 5) is 0. The monoisotopic (exact) mass is 289 g/mol. The molecule has 0 aliphatic carbocycles. The fraction of sp³-hybridized carbons (Fsp3) is 0.667. The van der Waals surface area contributed by atoms with Gasteiger partial charge in [-0.05, 0) is 62.3 Å². The van der Waals surface area contributed by atoms with E-state index in [9.17, 15) is 0 Å². The summed E-state index contributed by atoms with van der Waals surface area (Å²) in [7, 11) is 0. The minimum atomic E-state index is 0.313. The fourth-order valence-electron chi connectivity index (χ4n) is 3.37. The molecule has 3 rings (SSSR count). The van der Waals surface area contributed by atoms with Crippen LogP contribution < -0.4 is 10.1 Å².